The van der Waals surface area contributed by atoms with Gasteiger partial charge in [-0.05, 0) is 48.0 Å². The van der Waals surface area contributed by atoms with E-state index in [0.29, 0.717) is 29.4 Å². The molecular weight excluding hydrogens is 370 g/mol. The largest absolute Gasteiger partial charge is 0.477 e. The fraction of sp³-hybridized carbons (Fsp3) is 0.571. The highest BCUT2D eigenvalue weighted by molar-refractivity contribution is 9.10. The van der Waals surface area contributed by atoms with Gasteiger partial charge < -0.3 is 14.7 Å². The highest BCUT2D eigenvalue weighted by atomic mass is 79.9. The zero-order chi connectivity index (χ0) is 17.0. The van der Waals surface area contributed by atoms with Crippen molar-refractivity contribution in [2.24, 2.45) is 5.92 Å². The summed E-state index contributed by atoms with van der Waals surface area (Å²) in [4.78, 5) is 26.6. The Morgan fingerprint density at radius 1 is 1.65 bits per heavy atom. The molecule has 1 amide bonds. The SMILES string of the molecule is C[C@H]1CC(CCOc2ncc([N+](=O)[O-])cc2Br)CCN1C(=O)O. The van der Waals surface area contributed by atoms with E-state index in [1.54, 1.807) is 0 Å². The first-order valence-electron chi connectivity index (χ1n) is 7.30. The molecule has 0 spiro atoms. The fourth-order valence-electron chi connectivity index (χ4n) is 2.76. The van der Waals surface area contributed by atoms with Crippen molar-refractivity contribution in [2.75, 3.05) is 13.2 Å². The molecule has 0 aliphatic carbocycles. The quantitative estimate of drug-likeness (QED) is 0.613. The van der Waals surface area contributed by atoms with Crippen LogP contribution >= 0.6 is 15.9 Å². The molecule has 1 fully saturated rings. The summed E-state index contributed by atoms with van der Waals surface area (Å²) in [6.07, 6.45) is 2.71. The Morgan fingerprint density at radius 3 is 2.96 bits per heavy atom. The minimum absolute atomic E-state index is 0.00971. The number of ether oxygens (including phenoxy) is 1. The van der Waals surface area contributed by atoms with Gasteiger partial charge in [0.1, 0.15) is 6.20 Å². The van der Waals surface area contributed by atoms with Crippen molar-refractivity contribution in [3.63, 3.8) is 0 Å². The van der Waals surface area contributed by atoms with Crippen LogP contribution in [-0.2, 0) is 0 Å². The Balaban J connectivity index is 1.82. The van der Waals surface area contributed by atoms with Gasteiger partial charge in [0, 0.05) is 18.7 Å². The third kappa shape index (κ3) is 4.54. The lowest BCUT2D eigenvalue weighted by molar-refractivity contribution is -0.385. The van der Waals surface area contributed by atoms with Gasteiger partial charge in [0.25, 0.3) is 5.69 Å². The van der Waals surface area contributed by atoms with Gasteiger partial charge in [-0.15, -0.1) is 0 Å². The van der Waals surface area contributed by atoms with Gasteiger partial charge in [-0.1, -0.05) is 0 Å². The average molecular weight is 388 g/mol. The number of rotatable bonds is 5. The maximum Gasteiger partial charge on any atom is 0.407 e. The van der Waals surface area contributed by atoms with E-state index in [2.05, 4.69) is 20.9 Å². The smallest absolute Gasteiger partial charge is 0.407 e. The monoisotopic (exact) mass is 387 g/mol. The number of hydrogen-bond acceptors (Lipinski definition) is 5. The minimum Gasteiger partial charge on any atom is -0.477 e. The topological polar surface area (TPSA) is 106 Å². The highest BCUT2D eigenvalue weighted by Gasteiger charge is 2.28. The Labute approximate surface area is 141 Å². The molecule has 1 saturated heterocycles. The number of nitro groups is 1. The summed E-state index contributed by atoms with van der Waals surface area (Å²) in [5.41, 5.74) is -0.0981. The number of aromatic nitrogens is 1. The molecule has 1 N–H and O–H groups in total. The molecule has 0 saturated carbocycles. The van der Waals surface area contributed by atoms with E-state index in [-0.39, 0.29) is 11.7 Å². The number of hydrogen-bond donors (Lipinski definition) is 1. The standard InChI is InChI=1S/C14H18BrN3O5/c1-9-6-10(2-4-17(9)14(19)20)3-5-23-13-12(15)7-11(8-16-13)18(21)22/h7-10H,2-6H2,1H3,(H,19,20)/t9-,10?/m0/s1. The zero-order valence-corrected chi connectivity index (χ0v) is 14.2. The van der Waals surface area contributed by atoms with Gasteiger partial charge in [-0.2, -0.15) is 0 Å². The van der Waals surface area contributed by atoms with Crippen molar-refractivity contribution in [3.05, 3.63) is 26.9 Å². The molecule has 0 aromatic carbocycles. The summed E-state index contributed by atoms with van der Waals surface area (Å²) in [6, 6.07) is 1.37. The number of carboxylic acid groups (broad SMARTS) is 1. The zero-order valence-electron chi connectivity index (χ0n) is 12.6. The van der Waals surface area contributed by atoms with Crippen molar-refractivity contribution >= 4 is 27.7 Å². The molecule has 126 valence electrons. The molecule has 1 aliphatic rings. The third-order valence-corrected chi connectivity index (χ3v) is 4.57. The molecule has 1 aromatic rings. The fourth-order valence-corrected chi connectivity index (χ4v) is 3.21. The van der Waals surface area contributed by atoms with E-state index >= 15 is 0 Å². The van der Waals surface area contributed by atoms with Crippen LogP contribution in [0.5, 0.6) is 5.88 Å². The molecule has 23 heavy (non-hydrogen) atoms. The molecule has 1 aliphatic heterocycles. The van der Waals surface area contributed by atoms with Gasteiger partial charge in [0.05, 0.1) is 16.0 Å². The number of amides is 1. The van der Waals surface area contributed by atoms with Crippen LogP contribution in [0.4, 0.5) is 10.5 Å². The van der Waals surface area contributed by atoms with E-state index in [9.17, 15) is 14.9 Å². The number of pyridine rings is 1. The van der Waals surface area contributed by atoms with Gasteiger partial charge in [0.2, 0.25) is 5.88 Å². The first-order chi connectivity index (χ1) is 10.9. The number of nitrogens with zero attached hydrogens (tertiary/aromatic N) is 3. The van der Waals surface area contributed by atoms with E-state index in [1.807, 2.05) is 6.92 Å². The number of likely N-dealkylation sites (tertiary alicyclic amines) is 1. The third-order valence-electron chi connectivity index (χ3n) is 4.00. The van der Waals surface area contributed by atoms with Crippen LogP contribution in [0.2, 0.25) is 0 Å². The molecule has 1 unspecified atom stereocenters. The van der Waals surface area contributed by atoms with Crippen molar-refractivity contribution < 1.29 is 19.6 Å². The summed E-state index contributed by atoms with van der Waals surface area (Å²) >= 11 is 3.21. The normalized spacial score (nSPS) is 21.0. The maximum absolute atomic E-state index is 11.0. The van der Waals surface area contributed by atoms with E-state index in [0.717, 1.165) is 25.5 Å². The summed E-state index contributed by atoms with van der Waals surface area (Å²) < 4.78 is 6.02. The van der Waals surface area contributed by atoms with Crippen LogP contribution in [0.25, 0.3) is 0 Å². The van der Waals surface area contributed by atoms with E-state index in [1.165, 1.54) is 11.0 Å². The molecule has 2 atom stereocenters. The maximum atomic E-state index is 11.0. The summed E-state index contributed by atoms with van der Waals surface area (Å²) in [6.45, 7) is 2.89. The van der Waals surface area contributed by atoms with Crippen molar-refractivity contribution in [3.8, 4) is 5.88 Å². The van der Waals surface area contributed by atoms with Crippen molar-refractivity contribution in [1.29, 1.82) is 0 Å². The molecule has 0 radical (unpaired) electrons. The second-order valence-electron chi connectivity index (χ2n) is 5.59. The Hall–Kier alpha value is -1.90. The highest BCUT2D eigenvalue weighted by Crippen LogP contribution is 2.28. The second-order valence-corrected chi connectivity index (χ2v) is 6.44. The summed E-state index contributed by atoms with van der Waals surface area (Å²) in [5, 5.41) is 19.7. The molecular formula is C14H18BrN3O5. The van der Waals surface area contributed by atoms with E-state index in [4.69, 9.17) is 9.84 Å². The van der Waals surface area contributed by atoms with Gasteiger partial charge in [-0.3, -0.25) is 10.1 Å². The molecule has 0 bridgehead atoms. The number of halogens is 1. The van der Waals surface area contributed by atoms with Crippen molar-refractivity contribution in [2.45, 2.75) is 32.2 Å². The van der Waals surface area contributed by atoms with Crippen LogP contribution in [0.1, 0.15) is 26.2 Å². The second kappa shape index (κ2) is 7.58. The lowest BCUT2D eigenvalue weighted by Gasteiger charge is -2.35. The Bertz CT molecular complexity index is 598. The molecule has 1 aromatic heterocycles. The van der Waals surface area contributed by atoms with Gasteiger partial charge in [0.15, 0.2) is 0 Å². The van der Waals surface area contributed by atoms with Crippen LogP contribution in [0.3, 0.4) is 0 Å². The van der Waals surface area contributed by atoms with Crippen LogP contribution in [0.15, 0.2) is 16.7 Å². The summed E-state index contributed by atoms with van der Waals surface area (Å²) in [7, 11) is 0. The summed E-state index contributed by atoms with van der Waals surface area (Å²) in [5.74, 6) is 0.726. The predicted octanol–water partition coefficient (Wildman–Crippen LogP) is 3.30. The predicted molar refractivity (Wildman–Crippen MR) is 85.6 cm³/mol. The molecule has 8 nitrogen and oxygen atoms in total. The minimum atomic E-state index is -0.869. The molecule has 2 heterocycles. The Morgan fingerprint density at radius 2 is 2.39 bits per heavy atom. The lowest BCUT2D eigenvalue weighted by Crippen LogP contribution is -2.44. The first-order valence-corrected chi connectivity index (χ1v) is 8.10. The van der Waals surface area contributed by atoms with Crippen LogP contribution in [0, 0.1) is 16.0 Å². The number of piperidine rings is 1. The Kier molecular flexibility index (Phi) is 5.75. The van der Waals surface area contributed by atoms with Crippen molar-refractivity contribution in [1.82, 2.24) is 9.88 Å². The number of carbonyl (C=O) groups is 1. The van der Waals surface area contributed by atoms with Gasteiger partial charge >= 0.3 is 6.09 Å². The van der Waals surface area contributed by atoms with Gasteiger partial charge in [-0.25, -0.2) is 9.78 Å². The van der Waals surface area contributed by atoms with Crippen LogP contribution in [-0.4, -0.2) is 45.2 Å². The van der Waals surface area contributed by atoms with Crippen LogP contribution < -0.4 is 4.74 Å². The first kappa shape index (κ1) is 17.5. The molecule has 9 heteroatoms. The average Bonchev–Trinajstić information content (AvgIpc) is 2.48. The molecule has 2 rings (SSSR count). The lowest BCUT2D eigenvalue weighted by atomic mass is 9.89. The van der Waals surface area contributed by atoms with E-state index < -0.39 is 11.0 Å².